The van der Waals surface area contributed by atoms with E-state index in [0.717, 1.165) is 16.9 Å². The van der Waals surface area contributed by atoms with E-state index in [4.69, 9.17) is 4.52 Å². The van der Waals surface area contributed by atoms with Crippen molar-refractivity contribution in [2.24, 2.45) is 5.92 Å². The predicted octanol–water partition coefficient (Wildman–Crippen LogP) is 3.87. The van der Waals surface area contributed by atoms with Gasteiger partial charge in [-0.1, -0.05) is 48.7 Å². The van der Waals surface area contributed by atoms with Gasteiger partial charge in [-0.15, -0.1) is 0 Å². The number of benzene rings is 1. The van der Waals surface area contributed by atoms with Crippen molar-refractivity contribution >= 4 is 10.8 Å². The Morgan fingerprint density at radius 3 is 2.77 bits per heavy atom. The Morgan fingerprint density at radius 1 is 1.23 bits per heavy atom. The standard InChI is InChI=1S/C17H22N2O2S/c1-13-7-5-6-10-15(13)17-18-16(21-19-17)12-22(20)11-14-8-3-2-4-9-14/h5-7,10,14H,2-4,8-9,11-12H2,1H3. The van der Waals surface area contributed by atoms with Crippen molar-refractivity contribution in [3.05, 3.63) is 35.7 Å². The summed E-state index contributed by atoms with van der Waals surface area (Å²) in [7, 11) is -0.913. The Kier molecular flexibility index (Phi) is 5.03. The molecule has 0 bridgehead atoms. The summed E-state index contributed by atoms with van der Waals surface area (Å²) in [6, 6.07) is 7.94. The van der Waals surface area contributed by atoms with E-state index < -0.39 is 10.8 Å². The van der Waals surface area contributed by atoms with Crippen LogP contribution in [0.5, 0.6) is 0 Å². The molecular formula is C17H22N2O2S. The van der Waals surface area contributed by atoms with Crippen LogP contribution >= 0.6 is 0 Å². The maximum atomic E-state index is 12.3. The zero-order valence-corrected chi connectivity index (χ0v) is 13.8. The second-order valence-electron chi connectivity index (χ2n) is 6.08. The molecule has 1 aromatic heterocycles. The highest BCUT2D eigenvalue weighted by atomic mass is 32.2. The highest BCUT2D eigenvalue weighted by Gasteiger charge is 2.18. The average Bonchev–Trinajstić information content (AvgIpc) is 2.97. The SMILES string of the molecule is Cc1ccccc1-c1noc(CS(=O)CC2CCCCC2)n1. The van der Waals surface area contributed by atoms with Crippen molar-refractivity contribution in [2.75, 3.05) is 5.75 Å². The van der Waals surface area contributed by atoms with Crippen LogP contribution in [0.3, 0.4) is 0 Å². The molecule has 0 saturated heterocycles. The predicted molar refractivity (Wildman–Crippen MR) is 87.8 cm³/mol. The van der Waals surface area contributed by atoms with E-state index in [1.165, 1.54) is 32.1 Å². The lowest BCUT2D eigenvalue weighted by molar-refractivity contribution is 0.383. The fourth-order valence-electron chi connectivity index (χ4n) is 3.06. The van der Waals surface area contributed by atoms with Gasteiger partial charge in [0.15, 0.2) is 0 Å². The first-order valence-corrected chi connectivity index (χ1v) is 9.45. The van der Waals surface area contributed by atoms with E-state index in [-0.39, 0.29) is 0 Å². The summed E-state index contributed by atoms with van der Waals surface area (Å²) < 4.78 is 17.6. The van der Waals surface area contributed by atoms with Crippen LogP contribution in [0.1, 0.15) is 43.6 Å². The van der Waals surface area contributed by atoms with E-state index in [0.29, 0.717) is 23.4 Å². The van der Waals surface area contributed by atoms with Crippen molar-refractivity contribution in [3.63, 3.8) is 0 Å². The van der Waals surface area contributed by atoms with Gasteiger partial charge in [0.2, 0.25) is 11.7 Å². The minimum Gasteiger partial charge on any atom is -0.338 e. The molecule has 1 aromatic carbocycles. The number of nitrogens with zero attached hydrogens (tertiary/aromatic N) is 2. The van der Waals surface area contributed by atoms with E-state index in [1.54, 1.807) is 0 Å². The molecule has 1 aliphatic rings. The van der Waals surface area contributed by atoms with Gasteiger partial charge in [-0.05, 0) is 31.2 Å². The molecule has 22 heavy (non-hydrogen) atoms. The number of rotatable bonds is 5. The van der Waals surface area contributed by atoms with Crippen molar-refractivity contribution in [1.29, 1.82) is 0 Å². The Balaban J connectivity index is 1.62. The Labute approximate surface area is 133 Å². The quantitative estimate of drug-likeness (QED) is 0.839. The monoisotopic (exact) mass is 318 g/mol. The third-order valence-electron chi connectivity index (χ3n) is 4.28. The first-order valence-electron chi connectivity index (χ1n) is 7.96. The number of hydrogen-bond donors (Lipinski definition) is 0. The third-order valence-corrected chi connectivity index (χ3v) is 5.70. The summed E-state index contributed by atoms with van der Waals surface area (Å²) in [6.07, 6.45) is 6.31. The minimum absolute atomic E-state index is 0.370. The lowest BCUT2D eigenvalue weighted by Gasteiger charge is -2.20. The Hall–Kier alpha value is -1.49. The molecule has 118 valence electrons. The number of hydrogen-bond acceptors (Lipinski definition) is 4. The van der Waals surface area contributed by atoms with Crippen LogP contribution in [0.2, 0.25) is 0 Å². The first kappa shape index (κ1) is 15.4. The normalized spacial score (nSPS) is 17.5. The van der Waals surface area contributed by atoms with Crippen LogP contribution in [-0.2, 0) is 16.6 Å². The fraction of sp³-hybridized carbons (Fsp3) is 0.529. The van der Waals surface area contributed by atoms with Gasteiger partial charge < -0.3 is 4.52 Å². The molecule has 4 nitrogen and oxygen atoms in total. The van der Waals surface area contributed by atoms with Crippen molar-refractivity contribution < 1.29 is 8.73 Å². The van der Waals surface area contributed by atoms with Gasteiger partial charge in [-0.2, -0.15) is 4.98 Å². The lowest BCUT2D eigenvalue weighted by Crippen LogP contribution is -2.15. The van der Waals surface area contributed by atoms with E-state index >= 15 is 0 Å². The number of aromatic nitrogens is 2. The molecule has 2 aromatic rings. The largest absolute Gasteiger partial charge is 0.338 e. The smallest absolute Gasteiger partial charge is 0.239 e. The summed E-state index contributed by atoms with van der Waals surface area (Å²) in [5.74, 6) is 2.81. The molecule has 1 unspecified atom stereocenters. The van der Waals surface area contributed by atoms with Gasteiger partial charge in [0.05, 0.1) is 0 Å². The molecule has 0 N–H and O–H groups in total. The molecule has 1 aliphatic carbocycles. The van der Waals surface area contributed by atoms with Gasteiger partial charge in [0.25, 0.3) is 0 Å². The molecule has 1 atom stereocenters. The van der Waals surface area contributed by atoms with Gasteiger partial charge in [-0.25, -0.2) is 0 Å². The van der Waals surface area contributed by atoms with Crippen LogP contribution in [0.4, 0.5) is 0 Å². The summed E-state index contributed by atoms with van der Waals surface area (Å²) >= 11 is 0. The molecule has 5 heteroatoms. The molecule has 0 radical (unpaired) electrons. The maximum absolute atomic E-state index is 12.3. The zero-order valence-electron chi connectivity index (χ0n) is 13.0. The van der Waals surface area contributed by atoms with Crippen molar-refractivity contribution in [2.45, 2.75) is 44.8 Å². The van der Waals surface area contributed by atoms with Crippen LogP contribution in [0.25, 0.3) is 11.4 Å². The summed E-state index contributed by atoms with van der Waals surface area (Å²) in [4.78, 5) is 4.40. The van der Waals surface area contributed by atoms with Crippen LogP contribution < -0.4 is 0 Å². The molecule has 1 saturated carbocycles. The van der Waals surface area contributed by atoms with Crippen LogP contribution in [-0.4, -0.2) is 20.1 Å². The first-order chi connectivity index (χ1) is 10.7. The fourth-order valence-corrected chi connectivity index (χ4v) is 4.43. The summed E-state index contributed by atoms with van der Waals surface area (Å²) in [5, 5.41) is 4.03. The van der Waals surface area contributed by atoms with E-state index in [1.807, 2.05) is 31.2 Å². The molecule has 0 amide bonds. The van der Waals surface area contributed by atoms with Gasteiger partial charge in [-0.3, -0.25) is 4.21 Å². The van der Waals surface area contributed by atoms with Gasteiger partial charge in [0, 0.05) is 22.1 Å². The Bertz CT molecular complexity index is 648. The van der Waals surface area contributed by atoms with Gasteiger partial charge >= 0.3 is 0 Å². The maximum Gasteiger partial charge on any atom is 0.239 e. The van der Waals surface area contributed by atoms with Crippen molar-refractivity contribution in [3.8, 4) is 11.4 Å². The topological polar surface area (TPSA) is 56.0 Å². The molecule has 1 fully saturated rings. The van der Waals surface area contributed by atoms with E-state index in [9.17, 15) is 4.21 Å². The van der Waals surface area contributed by atoms with E-state index in [2.05, 4.69) is 10.1 Å². The summed E-state index contributed by atoms with van der Waals surface area (Å²) in [6.45, 7) is 2.02. The molecular weight excluding hydrogens is 296 g/mol. The second-order valence-corrected chi connectivity index (χ2v) is 7.58. The van der Waals surface area contributed by atoms with Crippen molar-refractivity contribution in [1.82, 2.24) is 10.1 Å². The molecule has 1 heterocycles. The Morgan fingerprint density at radius 2 is 2.00 bits per heavy atom. The zero-order chi connectivity index (χ0) is 15.4. The molecule has 0 aliphatic heterocycles. The highest BCUT2D eigenvalue weighted by Crippen LogP contribution is 2.25. The molecule has 3 rings (SSSR count). The summed E-state index contributed by atoms with van der Waals surface area (Å²) in [5.41, 5.74) is 2.08. The number of aryl methyl sites for hydroxylation is 1. The van der Waals surface area contributed by atoms with Crippen LogP contribution in [0.15, 0.2) is 28.8 Å². The van der Waals surface area contributed by atoms with Crippen LogP contribution in [0, 0.1) is 12.8 Å². The van der Waals surface area contributed by atoms with Gasteiger partial charge in [0.1, 0.15) is 5.75 Å². The third kappa shape index (κ3) is 3.83. The highest BCUT2D eigenvalue weighted by molar-refractivity contribution is 7.84. The minimum atomic E-state index is -0.913. The molecule has 0 spiro atoms. The second kappa shape index (κ2) is 7.18. The lowest BCUT2D eigenvalue weighted by atomic mass is 9.91. The average molecular weight is 318 g/mol.